The predicted molar refractivity (Wildman–Crippen MR) is 67.9 cm³/mol. The van der Waals surface area contributed by atoms with E-state index < -0.39 is 22.4 Å². The van der Waals surface area contributed by atoms with Crippen LogP contribution in [0.25, 0.3) is 0 Å². The highest BCUT2D eigenvalue weighted by molar-refractivity contribution is 7.85. The average molecular weight is 273 g/mol. The molecule has 0 fully saturated rings. The second kappa shape index (κ2) is 5.89. The molecular weight excluding hydrogens is 256 g/mol. The van der Waals surface area contributed by atoms with E-state index in [0.29, 0.717) is 18.6 Å². The molecule has 0 bridgehead atoms. The number of rotatable bonds is 3. The molecule has 1 aromatic carbocycles. The monoisotopic (exact) mass is 273 g/mol. The van der Waals surface area contributed by atoms with Crippen molar-refractivity contribution < 1.29 is 13.0 Å². The molecule has 1 N–H and O–H groups in total. The summed E-state index contributed by atoms with van der Waals surface area (Å²) in [6.07, 6.45) is 2.33. The first-order valence-corrected chi connectivity index (χ1v) is 7.56. The van der Waals surface area contributed by atoms with Gasteiger partial charge in [0.15, 0.2) is 0 Å². The molecule has 18 heavy (non-hydrogen) atoms. The van der Waals surface area contributed by atoms with E-state index >= 15 is 0 Å². The maximum Gasteiger partial charge on any atom is 0.139 e. The van der Waals surface area contributed by atoms with Crippen LogP contribution in [-0.2, 0) is 10.8 Å². The summed E-state index contributed by atoms with van der Waals surface area (Å²) in [5.41, 5.74) is 0.263. The molecule has 5 heteroatoms. The molecule has 0 saturated carbocycles. The Balaban J connectivity index is 2.47. The first kappa shape index (κ1) is 13.6. The summed E-state index contributed by atoms with van der Waals surface area (Å²) in [5.74, 6) is -0.623. The van der Waals surface area contributed by atoms with Crippen molar-refractivity contribution in [2.75, 3.05) is 12.3 Å². The first-order valence-electron chi connectivity index (χ1n) is 6.24. The van der Waals surface area contributed by atoms with Gasteiger partial charge in [-0.1, -0.05) is 6.92 Å². The molecule has 100 valence electrons. The maximum absolute atomic E-state index is 13.9. The van der Waals surface area contributed by atoms with Crippen LogP contribution in [0.1, 0.15) is 37.8 Å². The predicted octanol–water partition coefficient (Wildman–Crippen LogP) is 2.91. The van der Waals surface area contributed by atoms with Gasteiger partial charge in [-0.05, 0) is 37.9 Å². The minimum atomic E-state index is -1.44. The molecule has 0 aromatic heterocycles. The standard InChI is InChI=1S/C13H17F2NOS/c1-2-7-16-11-4-3-8-18(17)13-10(15)6-5-9(14)12(11)13/h5-6,11,16H,2-4,7-8H2,1H3. The van der Waals surface area contributed by atoms with Gasteiger partial charge in [-0.3, -0.25) is 4.21 Å². The number of hydrogen-bond acceptors (Lipinski definition) is 2. The molecule has 1 aliphatic rings. The molecule has 1 aliphatic heterocycles. The zero-order chi connectivity index (χ0) is 13.1. The van der Waals surface area contributed by atoms with Crippen molar-refractivity contribution in [2.24, 2.45) is 0 Å². The second-order valence-electron chi connectivity index (χ2n) is 4.47. The zero-order valence-electron chi connectivity index (χ0n) is 10.3. The molecule has 0 saturated heterocycles. The Hall–Kier alpha value is -0.810. The summed E-state index contributed by atoms with van der Waals surface area (Å²) >= 11 is 0. The summed E-state index contributed by atoms with van der Waals surface area (Å²) in [6, 6.07) is 1.95. The topological polar surface area (TPSA) is 29.1 Å². The number of fused-ring (bicyclic) bond motifs is 1. The van der Waals surface area contributed by atoms with Crippen LogP contribution in [0.4, 0.5) is 8.78 Å². The lowest BCUT2D eigenvalue weighted by molar-refractivity contribution is 0.458. The fourth-order valence-corrected chi connectivity index (χ4v) is 3.70. The highest BCUT2D eigenvalue weighted by Crippen LogP contribution is 2.33. The lowest BCUT2D eigenvalue weighted by Crippen LogP contribution is -2.23. The van der Waals surface area contributed by atoms with Crippen LogP contribution in [0.2, 0.25) is 0 Å². The van der Waals surface area contributed by atoms with E-state index in [2.05, 4.69) is 5.32 Å². The zero-order valence-corrected chi connectivity index (χ0v) is 11.2. The van der Waals surface area contributed by atoms with E-state index in [0.717, 1.165) is 25.1 Å². The van der Waals surface area contributed by atoms with Crippen LogP contribution >= 0.6 is 0 Å². The molecule has 0 radical (unpaired) electrons. The highest BCUT2D eigenvalue weighted by Gasteiger charge is 2.28. The molecule has 0 amide bonds. The van der Waals surface area contributed by atoms with E-state index in [1.165, 1.54) is 0 Å². The van der Waals surface area contributed by atoms with Crippen LogP contribution in [0, 0.1) is 11.6 Å². The van der Waals surface area contributed by atoms with Crippen LogP contribution in [0.5, 0.6) is 0 Å². The van der Waals surface area contributed by atoms with Crippen LogP contribution in [0.3, 0.4) is 0 Å². The van der Waals surface area contributed by atoms with Crippen molar-refractivity contribution in [1.82, 2.24) is 5.32 Å². The minimum absolute atomic E-state index is 0.0566. The number of hydrogen-bond donors (Lipinski definition) is 1. The summed E-state index contributed by atoms with van der Waals surface area (Å²) < 4.78 is 39.7. The summed E-state index contributed by atoms with van der Waals surface area (Å²) in [7, 11) is -1.44. The van der Waals surface area contributed by atoms with Crippen molar-refractivity contribution in [1.29, 1.82) is 0 Å². The molecule has 2 atom stereocenters. The lowest BCUT2D eigenvalue weighted by Gasteiger charge is -2.19. The van der Waals surface area contributed by atoms with Gasteiger partial charge in [0, 0.05) is 17.4 Å². The fourth-order valence-electron chi connectivity index (χ4n) is 2.29. The molecule has 2 rings (SSSR count). The van der Waals surface area contributed by atoms with Crippen molar-refractivity contribution in [3.63, 3.8) is 0 Å². The van der Waals surface area contributed by atoms with E-state index in [4.69, 9.17) is 0 Å². The van der Waals surface area contributed by atoms with Crippen LogP contribution < -0.4 is 5.32 Å². The smallest absolute Gasteiger partial charge is 0.139 e. The number of benzene rings is 1. The van der Waals surface area contributed by atoms with Gasteiger partial charge in [-0.25, -0.2) is 8.78 Å². The van der Waals surface area contributed by atoms with Gasteiger partial charge in [0.25, 0.3) is 0 Å². The van der Waals surface area contributed by atoms with Gasteiger partial charge in [-0.15, -0.1) is 0 Å². The normalized spacial score (nSPS) is 23.5. The quantitative estimate of drug-likeness (QED) is 0.917. The lowest BCUT2D eigenvalue weighted by atomic mass is 10.0. The number of nitrogens with one attached hydrogen (secondary N) is 1. The largest absolute Gasteiger partial charge is 0.310 e. The summed E-state index contributed by atoms with van der Waals surface area (Å²) in [6.45, 7) is 2.76. The highest BCUT2D eigenvalue weighted by atomic mass is 32.2. The minimum Gasteiger partial charge on any atom is -0.310 e. The van der Waals surface area contributed by atoms with Crippen molar-refractivity contribution in [3.8, 4) is 0 Å². The van der Waals surface area contributed by atoms with Crippen LogP contribution in [-0.4, -0.2) is 16.5 Å². The van der Waals surface area contributed by atoms with E-state index in [1.807, 2.05) is 6.92 Å². The Morgan fingerprint density at radius 1 is 1.39 bits per heavy atom. The van der Waals surface area contributed by atoms with Crippen molar-refractivity contribution in [3.05, 3.63) is 29.3 Å². The maximum atomic E-state index is 13.9. The van der Waals surface area contributed by atoms with Crippen molar-refractivity contribution >= 4 is 10.8 Å². The third-order valence-electron chi connectivity index (χ3n) is 3.13. The van der Waals surface area contributed by atoms with E-state index in [-0.39, 0.29) is 16.5 Å². The Bertz CT molecular complexity index is 465. The Labute approximate surface area is 108 Å². The summed E-state index contributed by atoms with van der Waals surface area (Å²) in [5, 5.41) is 3.21. The van der Waals surface area contributed by atoms with Crippen molar-refractivity contribution in [2.45, 2.75) is 37.1 Å². The van der Waals surface area contributed by atoms with Gasteiger partial charge in [-0.2, -0.15) is 0 Å². The Morgan fingerprint density at radius 2 is 2.11 bits per heavy atom. The molecule has 1 heterocycles. The number of halogens is 2. The van der Waals surface area contributed by atoms with Crippen LogP contribution in [0.15, 0.2) is 17.0 Å². The molecule has 0 spiro atoms. The molecule has 2 unspecified atom stereocenters. The van der Waals surface area contributed by atoms with Gasteiger partial charge in [0.2, 0.25) is 0 Å². The van der Waals surface area contributed by atoms with Gasteiger partial charge >= 0.3 is 0 Å². The molecule has 1 aromatic rings. The van der Waals surface area contributed by atoms with E-state index in [9.17, 15) is 13.0 Å². The second-order valence-corrected chi connectivity index (χ2v) is 5.98. The fraction of sp³-hybridized carbons (Fsp3) is 0.538. The third kappa shape index (κ3) is 2.62. The Morgan fingerprint density at radius 3 is 2.83 bits per heavy atom. The van der Waals surface area contributed by atoms with Gasteiger partial charge < -0.3 is 5.32 Å². The molecular formula is C13H17F2NOS. The van der Waals surface area contributed by atoms with E-state index in [1.54, 1.807) is 0 Å². The SMILES string of the molecule is CCCNC1CCCS(=O)c2c(F)ccc(F)c21. The summed E-state index contributed by atoms with van der Waals surface area (Å²) in [4.78, 5) is 0.0566. The Kier molecular flexibility index (Phi) is 4.45. The average Bonchev–Trinajstić information content (AvgIpc) is 2.52. The third-order valence-corrected chi connectivity index (χ3v) is 4.66. The molecule has 0 aliphatic carbocycles. The molecule has 2 nitrogen and oxygen atoms in total. The van der Waals surface area contributed by atoms with Gasteiger partial charge in [0.05, 0.1) is 15.7 Å². The first-order chi connectivity index (χ1) is 8.65. The van der Waals surface area contributed by atoms with Gasteiger partial charge in [0.1, 0.15) is 11.6 Å².